The molecule has 0 saturated carbocycles. The standard InChI is InChI=1S/C31H29ClN2O6S/c1-4-5-6-15-40-23-14-9-19(16-24(23)39-3)27-26(28(35)18-7-11-21(38-2)12-8-18)29(36)30(37)34(27)31-33-22-13-10-20(32)17-25(22)41-31/h7-14,16-17,27,35H,4-6,15H2,1-3H3. The summed E-state index contributed by atoms with van der Waals surface area (Å²) >= 11 is 7.43. The first kappa shape index (κ1) is 28.4. The summed E-state index contributed by atoms with van der Waals surface area (Å²) in [5.74, 6) is -0.333. The highest BCUT2D eigenvalue weighted by Gasteiger charge is 2.48. The number of amides is 1. The first-order valence-electron chi connectivity index (χ1n) is 13.2. The van der Waals surface area contributed by atoms with Crippen LogP contribution in [0.3, 0.4) is 0 Å². The maximum absolute atomic E-state index is 13.6. The Labute approximate surface area is 246 Å². The Morgan fingerprint density at radius 3 is 2.49 bits per heavy atom. The van der Waals surface area contributed by atoms with E-state index in [0.29, 0.717) is 50.7 Å². The number of nitrogens with zero attached hydrogens (tertiary/aromatic N) is 2. The van der Waals surface area contributed by atoms with Gasteiger partial charge in [-0.05, 0) is 66.6 Å². The molecule has 5 rings (SSSR count). The number of unbranched alkanes of at least 4 members (excludes halogenated alkanes) is 2. The lowest BCUT2D eigenvalue weighted by atomic mass is 9.95. The van der Waals surface area contributed by atoms with Crippen molar-refractivity contribution in [2.24, 2.45) is 0 Å². The third-order valence-electron chi connectivity index (χ3n) is 6.86. The highest BCUT2D eigenvalue weighted by molar-refractivity contribution is 7.22. The summed E-state index contributed by atoms with van der Waals surface area (Å²) in [5, 5.41) is 12.3. The van der Waals surface area contributed by atoms with E-state index in [1.165, 1.54) is 30.5 Å². The molecule has 0 spiro atoms. The van der Waals surface area contributed by atoms with E-state index in [2.05, 4.69) is 11.9 Å². The van der Waals surface area contributed by atoms with Crippen molar-refractivity contribution >= 4 is 55.7 Å². The predicted octanol–water partition coefficient (Wildman–Crippen LogP) is 7.16. The molecule has 0 aliphatic carbocycles. The Morgan fingerprint density at radius 1 is 1.00 bits per heavy atom. The van der Waals surface area contributed by atoms with Crippen molar-refractivity contribution in [3.8, 4) is 17.2 Å². The van der Waals surface area contributed by atoms with E-state index in [1.54, 1.807) is 60.7 Å². The van der Waals surface area contributed by atoms with E-state index in [0.717, 1.165) is 24.0 Å². The number of carbonyl (C=O) groups excluding carboxylic acids is 2. The number of benzene rings is 3. The van der Waals surface area contributed by atoms with Crippen LogP contribution in [0, 0.1) is 0 Å². The molecule has 1 aliphatic heterocycles. The molecule has 1 aliphatic rings. The average Bonchev–Trinajstić information content (AvgIpc) is 3.52. The van der Waals surface area contributed by atoms with Crippen molar-refractivity contribution in [2.45, 2.75) is 32.2 Å². The van der Waals surface area contributed by atoms with Gasteiger partial charge in [-0.3, -0.25) is 14.5 Å². The number of aliphatic hydroxyl groups excluding tert-OH is 1. The molecule has 2 heterocycles. The average molecular weight is 593 g/mol. The number of hydrogen-bond acceptors (Lipinski definition) is 8. The van der Waals surface area contributed by atoms with Gasteiger partial charge in [0.25, 0.3) is 5.78 Å². The molecule has 1 atom stereocenters. The normalized spacial score (nSPS) is 16.4. The molecular weight excluding hydrogens is 564 g/mol. The van der Waals surface area contributed by atoms with Crippen molar-refractivity contribution in [3.63, 3.8) is 0 Å². The first-order valence-corrected chi connectivity index (χ1v) is 14.4. The quantitative estimate of drug-likeness (QED) is 0.0902. The van der Waals surface area contributed by atoms with Gasteiger partial charge in [-0.15, -0.1) is 0 Å². The van der Waals surface area contributed by atoms with Gasteiger partial charge in [0.2, 0.25) is 0 Å². The van der Waals surface area contributed by atoms with Crippen molar-refractivity contribution in [2.75, 3.05) is 25.7 Å². The van der Waals surface area contributed by atoms with Crippen molar-refractivity contribution in [3.05, 3.63) is 82.4 Å². The number of methoxy groups -OCH3 is 2. The second-order valence-electron chi connectivity index (χ2n) is 9.47. The molecule has 1 N–H and O–H groups in total. The number of ether oxygens (including phenoxy) is 3. The molecule has 41 heavy (non-hydrogen) atoms. The van der Waals surface area contributed by atoms with Crippen molar-refractivity contribution in [1.82, 2.24) is 4.98 Å². The minimum absolute atomic E-state index is 0.0591. The van der Waals surface area contributed by atoms with E-state index in [1.807, 2.05) is 0 Å². The maximum Gasteiger partial charge on any atom is 0.301 e. The Kier molecular flexibility index (Phi) is 8.46. The zero-order valence-corrected chi connectivity index (χ0v) is 24.4. The Balaban J connectivity index is 1.65. The number of rotatable bonds is 10. The van der Waals surface area contributed by atoms with E-state index in [-0.39, 0.29) is 11.3 Å². The van der Waals surface area contributed by atoms with Crippen LogP contribution >= 0.6 is 22.9 Å². The number of Topliss-reactive ketones (excluding diaryl/α,β-unsaturated/α-hetero) is 1. The summed E-state index contributed by atoms with van der Waals surface area (Å²) in [5.41, 5.74) is 1.50. The second kappa shape index (κ2) is 12.2. The lowest BCUT2D eigenvalue weighted by molar-refractivity contribution is -0.132. The molecule has 0 bridgehead atoms. The molecule has 3 aromatic carbocycles. The van der Waals surface area contributed by atoms with Gasteiger partial charge in [0.05, 0.1) is 42.7 Å². The summed E-state index contributed by atoms with van der Waals surface area (Å²) in [7, 11) is 3.07. The fraction of sp³-hybridized carbons (Fsp3) is 0.258. The van der Waals surface area contributed by atoms with E-state index >= 15 is 0 Å². The van der Waals surface area contributed by atoms with Gasteiger partial charge < -0.3 is 19.3 Å². The molecule has 1 amide bonds. The molecule has 10 heteroatoms. The molecule has 1 fully saturated rings. The third kappa shape index (κ3) is 5.60. The van der Waals surface area contributed by atoms with Crippen LogP contribution in [-0.2, 0) is 9.59 Å². The Morgan fingerprint density at radius 2 is 1.78 bits per heavy atom. The monoisotopic (exact) mass is 592 g/mol. The topological polar surface area (TPSA) is 98.2 Å². The van der Waals surface area contributed by atoms with Crippen molar-refractivity contribution < 1.29 is 28.9 Å². The fourth-order valence-corrected chi connectivity index (χ4v) is 6.01. The van der Waals surface area contributed by atoms with Crippen LogP contribution < -0.4 is 19.1 Å². The number of ketones is 1. The SMILES string of the molecule is CCCCCOc1ccc(C2C(=C(O)c3ccc(OC)cc3)C(=O)C(=O)N2c2nc3ccc(Cl)cc3s2)cc1OC. The summed E-state index contributed by atoms with van der Waals surface area (Å²) in [4.78, 5) is 33.1. The van der Waals surface area contributed by atoms with E-state index in [9.17, 15) is 14.7 Å². The largest absolute Gasteiger partial charge is 0.507 e. The molecule has 212 valence electrons. The number of aliphatic hydroxyl groups is 1. The van der Waals surface area contributed by atoms with Gasteiger partial charge in [0.15, 0.2) is 16.6 Å². The molecule has 1 unspecified atom stereocenters. The minimum atomic E-state index is -0.976. The lowest BCUT2D eigenvalue weighted by Crippen LogP contribution is -2.29. The van der Waals surface area contributed by atoms with E-state index in [4.69, 9.17) is 25.8 Å². The molecule has 1 aromatic heterocycles. The van der Waals surface area contributed by atoms with Crippen LogP contribution in [0.4, 0.5) is 5.13 Å². The van der Waals surface area contributed by atoms with Gasteiger partial charge in [-0.25, -0.2) is 4.98 Å². The number of halogens is 1. The van der Waals surface area contributed by atoms with Crippen LogP contribution in [0.5, 0.6) is 17.2 Å². The number of aromatic nitrogens is 1. The number of hydrogen-bond donors (Lipinski definition) is 1. The zero-order chi connectivity index (χ0) is 29.1. The Bertz CT molecular complexity index is 1630. The number of thiazole rings is 1. The molecule has 8 nitrogen and oxygen atoms in total. The minimum Gasteiger partial charge on any atom is -0.507 e. The highest BCUT2D eigenvalue weighted by atomic mass is 35.5. The predicted molar refractivity (Wildman–Crippen MR) is 160 cm³/mol. The van der Waals surface area contributed by atoms with Gasteiger partial charge in [-0.1, -0.05) is 48.8 Å². The van der Waals surface area contributed by atoms with Crippen LogP contribution in [0.25, 0.3) is 16.0 Å². The van der Waals surface area contributed by atoms with Crippen LogP contribution in [0.15, 0.2) is 66.2 Å². The van der Waals surface area contributed by atoms with E-state index < -0.39 is 17.7 Å². The lowest BCUT2D eigenvalue weighted by Gasteiger charge is -2.24. The van der Waals surface area contributed by atoms with Crippen LogP contribution in [0.2, 0.25) is 5.02 Å². The summed E-state index contributed by atoms with van der Waals surface area (Å²) in [6.07, 6.45) is 3.03. The van der Waals surface area contributed by atoms with Gasteiger partial charge in [0.1, 0.15) is 11.5 Å². The number of fused-ring (bicyclic) bond motifs is 1. The van der Waals surface area contributed by atoms with Crippen LogP contribution in [0.1, 0.15) is 43.4 Å². The Hall–Kier alpha value is -4.08. The zero-order valence-electron chi connectivity index (χ0n) is 22.8. The van der Waals surface area contributed by atoms with Gasteiger partial charge in [0, 0.05) is 10.6 Å². The first-order chi connectivity index (χ1) is 19.9. The fourth-order valence-electron chi connectivity index (χ4n) is 4.75. The maximum atomic E-state index is 13.6. The highest BCUT2D eigenvalue weighted by Crippen LogP contribution is 2.46. The smallest absolute Gasteiger partial charge is 0.301 e. The van der Waals surface area contributed by atoms with Gasteiger partial charge in [-0.2, -0.15) is 0 Å². The summed E-state index contributed by atoms with van der Waals surface area (Å²) in [6, 6.07) is 16.1. The molecular formula is C31H29ClN2O6S. The number of carbonyl (C=O) groups is 2. The molecule has 4 aromatic rings. The van der Waals surface area contributed by atoms with Crippen molar-refractivity contribution in [1.29, 1.82) is 0 Å². The number of anilines is 1. The third-order valence-corrected chi connectivity index (χ3v) is 8.11. The van der Waals surface area contributed by atoms with Crippen LogP contribution in [-0.4, -0.2) is 42.6 Å². The second-order valence-corrected chi connectivity index (χ2v) is 10.9. The van der Waals surface area contributed by atoms with Gasteiger partial charge >= 0.3 is 5.91 Å². The summed E-state index contributed by atoms with van der Waals surface area (Å²) in [6.45, 7) is 2.66. The summed E-state index contributed by atoms with van der Waals surface area (Å²) < 4.78 is 17.6. The molecule has 1 saturated heterocycles. The molecule has 0 radical (unpaired) electrons.